The highest BCUT2D eigenvalue weighted by Gasteiger charge is 2.45. The molecule has 1 aliphatic rings. The Labute approximate surface area is 205 Å². The van der Waals surface area contributed by atoms with Crippen LogP contribution in [0.25, 0.3) is 0 Å². The molecule has 0 fully saturated rings. The highest BCUT2D eigenvalue weighted by molar-refractivity contribution is 5.77. The predicted octanol–water partition coefficient (Wildman–Crippen LogP) is 3.43. The van der Waals surface area contributed by atoms with Crippen molar-refractivity contribution >= 4 is 5.91 Å². The number of halogens is 7. The average Bonchev–Trinajstić information content (AvgIpc) is 3.27. The van der Waals surface area contributed by atoms with Crippen molar-refractivity contribution in [2.24, 2.45) is 5.73 Å². The highest BCUT2D eigenvalue weighted by Crippen LogP contribution is 2.39. The molecule has 0 aliphatic carbocycles. The van der Waals surface area contributed by atoms with Crippen LogP contribution < -0.4 is 5.73 Å². The van der Waals surface area contributed by atoms with Crippen molar-refractivity contribution in [2.45, 2.75) is 43.8 Å². The molecule has 4 rings (SSSR count). The zero-order chi connectivity index (χ0) is 27.1. The van der Waals surface area contributed by atoms with Gasteiger partial charge in [-0.15, -0.1) is 10.2 Å². The van der Waals surface area contributed by atoms with Gasteiger partial charge in [0.05, 0.1) is 0 Å². The molecule has 3 atom stereocenters. The summed E-state index contributed by atoms with van der Waals surface area (Å²) < 4.78 is 95.1. The van der Waals surface area contributed by atoms with Crippen molar-refractivity contribution in [3.63, 3.8) is 0 Å². The summed E-state index contributed by atoms with van der Waals surface area (Å²) >= 11 is 0. The van der Waals surface area contributed by atoms with E-state index in [1.165, 1.54) is 12.1 Å². The van der Waals surface area contributed by atoms with E-state index in [0.29, 0.717) is 12.1 Å². The summed E-state index contributed by atoms with van der Waals surface area (Å²) in [5, 5.41) is 17.8. The molecule has 0 unspecified atom stereocenters. The normalized spacial score (nSPS) is 17.4. The maximum absolute atomic E-state index is 14.0. The number of alkyl halides is 3. The lowest BCUT2D eigenvalue weighted by molar-refractivity contribution is -0.149. The van der Waals surface area contributed by atoms with Crippen LogP contribution in [-0.2, 0) is 23.9 Å². The van der Waals surface area contributed by atoms with Gasteiger partial charge < -0.3 is 20.3 Å². The number of benzene rings is 2. The molecule has 0 saturated heterocycles. The monoisotopic (exact) mass is 531 g/mol. The molecule has 2 heterocycles. The number of hydrogen-bond donors (Lipinski definition) is 2. The number of nitrogens with zero attached hydrogens (tertiary/aromatic N) is 4. The summed E-state index contributed by atoms with van der Waals surface area (Å²) in [5.74, 6) is -6.74. The van der Waals surface area contributed by atoms with Crippen LogP contribution in [0, 0.1) is 23.3 Å². The number of carbonyl (C=O) groups is 1. The fraction of sp³-hybridized carbons (Fsp3) is 0.348. The van der Waals surface area contributed by atoms with Crippen LogP contribution >= 0.6 is 0 Å². The van der Waals surface area contributed by atoms with E-state index in [1.807, 2.05) is 0 Å². The first-order valence-corrected chi connectivity index (χ1v) is 11.0. The van der Waals surface area contributed by atoms with E-state index in [2.05, 4.69) is 10.2 Å². The lowest BCUT2D eigenvalue weighted by Crippen LogP contribution is -2.47. The molecule has 7 nitrogen and oxygen atoms in total. The second-order valence-electron chi connectivity index (χ2n) is 8.59. The first-order chi connectivity index (χ1) is 17.4. The van der Waals surface area contributed by atoms with Crippen molar-refractivity contribution in [2.75, 3.05) is 6.54 Å². The van der Waals surface area contributed by atoms with Crippen molar-refractivity contribution in [1.29, 1.82) is 0 Å². The third kappa shape index (κ3) is 5.44. The van der Waals surface area contributed by atoms with Gasteiger partial charge in [-0.1, -0.05) is 12.1 Å². The second-order valence-corrected chi connectivity index (χ2v) is 8.59. The Morgan fingerprint density at radius 2 is 1.68 bits per heavy atom. The molecule has 198 valence electrons. The van der Waals surface area contributed by atoms with E-state index >= 15 is 0 Å². The van der Waals surface area contributed by atoms with E-state index in [9.17, 15) is 40.6 Å². The molecule has 0 spiro atoms. The van der Waals surface area contributed by atoms with Crippen LogP contribution in [0.5, 0.6) is 0 Å². The maximum atomic E-state index is 14.0. The second kappa shape index (κ2) is 10.1. The minimum Gasteiger partial charge on any atom is -0.386 e. The van der Waals surface area contributed by atoms with Crippen LogP contribution in [0.3, 0.4) is 0 Å². The van der Waals surface area contributed by atoms with Gasteiger partial charge in [-0.2, -0.15) is 13.2 Å². The van der Waals surface area contributed by atoms with Gasteiger partial charge in [0, 0.05) is 31.6 Å². The quantitative estimate of drug-likeness (QED) is 0.376. The van der Waals surface area contributed by atoms with Crippen molar-refractivity contribution in [3.8, 4) is 0 Å². The smallest absolute Gasteiger partial charge is 0.386 e. The summed E-state index contributed by atoms with van der Waals surface area (Å²) in [5.41, 5.74) is 5.79. The van der Waals surface area contributed by atoms with E-state index < -0.39 is 65.8 Å². The van der Waals surface area contributed by atoms with Gasteiger partial charge in [-0.05, 0) is 35.7 Å². The molecule has 2 aromatic carbocycles. The summed E-state index contributed by atoms with van der Waals surface area (Å²) in [6.07, 6.45) is -7.28. The zero-order valence-electron chi connectivity index (χ0n) is 18.9. The molecule has 0 saturated carbocycles. The largest absolute Gasteiger partial charge is 0.451 e. The summed E-state index contributed by atoms with van der Waals surface area (Å²) in [4.78, 5) is 14.3. The Morgan fingerprint density at radius 1 is 1.03 bits per heavy atom. The number of hydrogen-bond acceptors (Lipinski definition) is 5. The van der Waals surface area contributed by atoms with Gasteiger partial charge in [-0.25, -0.2) is 17.6 Å². The third-order valence-electron chi connectivity index (χ3n) is 6.04. The first kappa shape index (κ1) is 26.5. The number of carbonyl (C=O) groups excluding carboxylic acids is 1. The molecule has 14 heteroatoms. The molecule has 1 aliphatic heterocycles. The molecule has 3 N–H and O–H groups in total. The topological polar surface area (TPSA) is 97.3 Å². The zero-order valence-corrected chi connectivity index (χ0v) is 18.9. The Bertz CT molecular complexity index is 1300. The Morgan fingerprint density at radius 3 is 2.32 bits per heavy atom. The van der Waals surface area contributed by atoms with Gasteiger partial charge >= 0.3 is 6.18 Å². The van der Waals surface area contributed by atoms with Crippen LogP contribution in [0.2, 0.25) is 0 Å². The number of amides is 1. The first-order valence-electron chi connectivity index (χ1n) is 11.0. The molecular weight excluding hydrogens is 511 g/mol. The molecular formula is C23H20F7N5O2. The van der Waals surface area contributed by atoms with E-state index in [-0.39, 0.29) is 36.5 Å². The van der Waals surface area contributed by atoms with Crippen LogP contribution in [0.15, 0.2) is 36.4 Å². The molecule has 0 bridgehead atoms. The maximum Gasteiger partial charge on any atom is 0.451 e. The van der Waals surface area contributed by atoms with Gasteiger partial charge in [0.15, 0.2) is 17.5 Å². The number of aromatic nitrogens is 3. The number of aliphatic hydroxyl groups excluding tert-OH is 1. The van der Waals surface area contributed by atoms with Gasteiger partial charge in [0.1, 0.15) is 23.8 Å². The SMILES string of the molecule is N[C@@H](CC(=O)N1CCn2c(nnc2C(F)(F)F)[C@@H]1[C@@H](O)c1ccc(F)cc1)Cc1cc(F)c(F)cc1F. The van der Waals surface area contributed by atoms with Crippen molar-refractivity contribution in [3.05, 3.63) is 82.4 Å². The molecule has 1 aromatic heterocycles. The van der Waals surface area contributed by atoms with Crippen LogP contribution in [0.1, 0.15) is 41.3 Å². The molecule has 1 amide bonds. The molecule has 0 radical (unpaired) electrons. The predicted molar refractivity (Wildman–Crippen MR) is 113 cm³/mol. The fourth-order valence-corrected chi connectivity index (χ4v) is 4.30. The summed E-state index contributed by atoms with van der Waals surface area (Å²) in [7, 11) is 0. The van der Waals surface area contributed by atoms with Crippen molar-refractivity contribution in [1.82, 2.24) is 19.7 Å². The lowest BCUT2D eigenvalue weighted by atomic mass is 9.97. The molecule has 37 heavy (non-hydrogen) atoms. The highest BCUT2D eigenvalue weighted by atomic mass is 19.4. The van der Waals surface area contributed by atoms with Gasteiger partial charge in [0.25, 0.3) is 0 Å². The summed E-state index contributed by atoms with van der Waals surface area (Å²) in [6, 6.07) is 2.93. The Balaban J connectivity index is 1.62. The van der Waals surface area contributed by atoms with E-state index in [1.54, 1.807) is 0 Å². The van der Waals surface area contributed by atoms with Gasteiger partial charge in [0.2, 0.25) is 11.7 Å². The number of fused-ring (bicyclic) bond motifs is 1. The Kier molecular flexibility index (Phi) is 7.24. The number of aliphatic hydroxyl groups is 1. The average molecular weight is 531 g/mol. The minimum atomic E-state index is -4.85. The van der Waals surface area contributed by atoms with Crippen LogP contribution in [-0.4, -0.2) is 43.3 Å². The fourth-order valence-electron chi connectivity index (χ4n) is 4.30. The van der Waals surface area contributed by atoms with Gasteiger partial charge in [-0.3, -0.25) is 4.79 Å². The number of nitrogens with two attached hydrogens (primary N) is 1. The number of rotatable bonds is 6. The molecule has 3 aromatic rings. The van der Waals surface area contributed by atoms with E-state index in [4.69, 9.17) is 5.73 Å². The summed E-state index contributed by atoms with van der Waals surface area (Å²) in [6.45, 7) is -0.634. The van der Waals surface area contributed by atoms with Crippen LogP contribution in [0.4, 0.5) is 30.7 Å². The standard InChI is InChI=1S/C23H20F7N5O2/c24-13-3-1-11(2-4-13)20(37)19-21-32-33-22(23(28,29)30)35(21)6-5-34(19)18(36)9-14(31)7-12-8-16(26)17(27)10-15(12)25/h1-4,8,10,14,19-20,37H,5-7,9,31H2/t14-,19+,20+/m1/s1. The minimum absolute atomic E-state index is 0.0994. The third-order valence-corrected chi connectivity index (χ3v) is 6.04. The van der Waals surface area contributed by atoms with E-state index in [0.717, 1.165) is 21.6 Å². The lowest BCUT2D eigenvalue weighted by Gasteiger charge is -2.39. The Hall–Kier alpha value is -3.52. The van der Waals surface area contributed by atoms with Crippen molar-refractivity contribution < 1.29 is 40.6 Å².